The molecule has 82 valence electrons. The Kier molecular flexibility index (Phi) is 2.95. The van der Waals surface area contributed by atoms with E-state index in [-0.39, 0.29) is 10.8 Å². The molecule has 0 N–H and O–H groups in total. The number of pyridine rings is 1. The molecule has 1 aliphatic heterocycles. The topological polar surface area (TPSA) is 16.1 Å². The van der Waals surface area contributed by atoms with Crippen LogP contribution < -0.4 is 4.90 Å². The second kappa shape index (κ2) is 3.95. The van der Waals surface area contributed by atoms with Gasteiger partial charge in [0.25, 0.3) is 0 Å². The fourth-order valence-corrected chi connectivity index (χ4v) is 2.64. The van der Waals surface area contributed by atoms with E-state index < -0.39 is 0 Å². The minimum atomic E-state index is 0.171. The maximum atomic E-state index is 6.33. The van der Waals surface area contributed by atoms with Gasteiger partial charge in [0.15, 0.2) is 0 Å². The summed E-state index contributed by atoms with van der Waals surface area (Å²) >= 11 is 9.84. The molecule has 0 radical (unpaired) electrons. The Morgan fingerprint density at radius 3 is 2.87 bits per heavy atom. The molecule has 1 saturated heterocycles. The summed E-state index contributed by atoms with van der Waals surface area (Å²) in [5, 5.41) is 0.206. The molecule has 1 aromatic rings. The predicted molar refractivity (Wildman–Crippen MR) is 67.6 cm³/mol. The number of anilines is 1. The van der Waals surface area contributed by atoms with Crippen LogP contribution in [0, 0.1) is 5.41 Å². The highest BCUT2D eigenvalue weighted by atomic mass is 79.9. The number of nitrogens with zero attached hydrogens (tertiary/aromatic N) is 2. The SMILES string of the molecule is CC1(C)CN(c2ccncc2Br)CC1Cl. The normalized spacial score (nSPS) is 24.5. The third kappa shape index (κ3) is 2.13. The summed E-state index contributed by atoms with van der Waals surface area (Å²) in [5.41, 5.74) is 1.35. The summed E-state index contributed by atoms with van der Waals surface area (Å²) in [6.45, 7) is 6.31. The Bertz CT molecular complexity index is 367. The van der Waals surface area contributed by atoms with E-state index in [9.17, 15) is 0 Å². The van der Waals surface area contributed by atoms with E-state index in [2.05, 4.69) is 39.7 Å². The second-order valence-electron chi connectivity index (χ2n) is 4.66. The van der Waals surface area contributed by atoms with Gasteiger partial charge in [0, 0.05) is 30.9 Å². The van der Waals surface area contributed by atoms with Crippen LogP contribution in [-0.2, 0) is 0 Å². The van der Waals surface area contributed by atoms with Gasteiger partial charge in [0.05, 0.1) is 15.5 Å². The maximum Gasteiger partial charge on any atom is 0.0592 e. The first-order valence-corrected chi connectivity index (χ1v) is 6.22. The van der Waals surface area contributed by atoms with Crippen molar-refractivity contribution in [3.05, 3.63) is 22.9 Å². The van der Waals surface area contributed by atoms with Crippen molar-refractivity contribution in [1.82, 2.24) is 4.98 Å². The highest BCUT2D eigenvalue weighted by Crippen LogP contribution is 2.38. The quantitative estimate of drug-likeness (QED) is 0.738. The summed E-state index contributed by atoms with van der Waals surface area (Å²) in [6, 6.07) is 2.02. The molecule has 1 fully saturated rings. The Hall–Kier alpha value is -0.280. The summed E-state index contributed by atoms with van der Waals surface area (Å²) in [5.74, 6) is 0. The largest absolute Gasteiger partial charge is 0.368 e. The lowest BCUT2D eigenvalue weighted by Gasteiger charge is -2.22. The van der Waals surface area contributed by atoms with Gasteiger partial charge in [-0.25, -0.2) is 0 Å². The average molecular weight is 290 g/mol. The lowest BCUT2D eigenvalue weighted by atomic mass is 9.92. The molecule has 0 amide bonds. The molecule has 1 unspecified atom stereocenters. The molecule has 1 aromatic heterocycles. The number of hydrogen-bond donors (Lipinski definition) is 0. The summed E-state index contributed by atoms with van der Waals surface area (Å²) < 4.78 is 1.03. The minimum absolute atomic E-state index is 0.171. The van der Waals surface area contributed by atoms with E-state index in [0.717, 1.165) is 17.6 Å². The first kappa shape index (κ1) is 11.2. The molecule has 1 aliphatic rings. The predicted octanol–water partition coefficient (Wildman–Crippen LogP) is 3.30. The molecular formula is C11H14BrClN2. The highest BCUT2D eigenvalue weighted by Gasteiger charge is 2.38. The van der Waals surface area contributed by atoms with Crippen molar-refractivity contribution < 1.29 is 0 Å². The van der Waals surface area contributed by atoms with E-state index in [1.54, 1.807) is 0 Å². The zero-order valence-corrected chi connectivity index (χ0v) is 11.2. The minimum Gasteiger partial charge on any atom is -0.368 e. The van der Waals surface area contributed by atoms with Crippen molar-refractivity contribution in [2.45, 2.75) is 19.2 Å². The van der Waals surface area contributed by atoms with Gasteiger partial charge >= 0.3 is 0 Å². The van der Waals surface area contributed by atoms with Crippen LogP contribution in [0.25, 0.3) is 0 Å². The van der Waals surface area contributed by atoms with Gasteiger partial charge in [-0.2, -0.15) is 0 Å². The van der Waals surface area contributed by atoms with Crippen LogP contribution in [0.3, 0.4) is 0 Å². The van der Waals surface area contributed by atoms with E-state index in [0.29, 0.717) is 0 Å². The van der Waals surface area contributed by atoms with Crippen LogP contribution in [-0.4, -0.2) is 23.5 Å². The van der Waals surface area contributed by atoms with Gasteiger partial charge in [-0.05, 0) is 22.0 Å². The van der Waals surface area contributed by atoms with E-state index in [4.69, 9.17) is 11.6 Å². The lowest BCUT2D eigenvalue weighted by Crippen LogP contribution is -2.23. The van der Waals surface area contributed by atoms with Crippen molar-refractivity contribution in [3.63, 3.8) is 0 Å². The first-order valence-electron chi connectivity index (χ1n) is 4.99. The number of alkyl halides is 1. The van der Waals surface area contributed by atoms with E-state index >= 15 is 0 Å². The average Bonchev–Trinajstić information content (AvgIpc) is 2.42. The van der Waals surface area contributed by atoms with Crippen molar-refractivity contribution in [2.24, 2.45) is 5.41 Å². The maximum absolute atomic E-state index is 6.33. The van der Waals surface area contributed by atoms with Crippen molar-refractivity contribution >= 4 is 33.2 Å². The molecule has 2 heterocycles. The second-order valence-corrected chi connectivity index (χ2v) is 6.04. The van der Waals surface area contributed by atoms with Crippen LogP contribution in [0.1, 0.15) is 13.8 Å². The van der Waals surface area contributed by atoms with Crippen LogP contribution in [0.4, 0.5) is 5.69 Å². The molecule has 15 heavy (non-hydrogen) atoms. The molecule has 0 aliphatic carbocycles. The zero-order valence-electron chi connectivity index (χ0n) is 8.87. The van der Waals surface area contributed by atoms with Crippen molar-refractivity contribution in [1.29, 1.82) is 0 Å². The van der Waals surface area contributed by atoms with Gasteiger partial charge in [-0.3, -0.25) is 4.98 Å². The highest BCUT2D eigenvalue weighted by molar-refractivity contribution is 9.10. The molecule has 1 atom stereocenters. The molecule has 0 spiro atoms. The Morgan fingerprint density at radius 1 is 1.60 bits per heavy atom. The molecule has 0 bridgehead atoms. The van der Waals surface area contributed by atoms with Crippen LogP contribution in [0.2, 0.25) is 0 Å². The molecule has 0 aromatic carbocycles. The van der Waals surface area contributed by atoms with Crippen LogP contribution >= 0.6 is 27.5 Å². The van der Waals surface area contributed by atoms with Crippen LogP contribution in [0.5, 0.6) is 0 Å². The molecule has 4 heteroatoms. The molecular weight excluding hydrogens is 275 g/mol. The van der Waals surface area contributed by atoms with Gasteiger partial charge in [-0.1, -0.05) is 13.8 Å². The summed E-state index contributed by atoms with van der Waals surface area (Å²) in [6.07, 6.45) is 3.64. The van der Waals surface area contributed by atoms with Gasteiger partial charge in [-0.15, -0.1) is 11.6 Å². The smallest absolute Gasteiger partial charge is 0.0592 e. The van der Waals surface area contributed by atoms with Gasteiger partial charge < -0.3 is 4.90 Å². The fourth-order valence-electron chi connectivity index (χ4n) is 1.90. The number of hydrogen-bond acceptors (Lipinski definition) is 2. The van der Waals surface area contributed by atoms with E-state index in [1.807, 2.05) is 18.5 Å². The molecule has 2 rings (SSSR count). The molecule has 2 nitrogen and oxygen atoms in total. The van der Waals surface area contributed by atoms with Crippen molar-refractivity contribution in [3.8, 4) is 0 Å². The first-order chi connectivity index (χ1) is 7.00. The number of rotatable bonds is 1. The van der Waals surface area contributed by atoms with Crippen LogP contribution in [0.15, 0.2) is 22.9 Å². The zero-order chi connectivity index (χ0) is 11.1. The fraction of sp³-hybridized carbons (Fsp3) is 0.545. The summed E-state index contributed by atoms with van der Waals surface area (Å²) in [7, 11) is 0. The third-order valence-corrected chi connectivity index (χ3v) is 4.26. The molecule has 0 saturated carbocycles. The lowest BCUT2D eigenvalue weighted by molar-refractivity contribution is 0.425. The van der Waals surface area contributed by atoms with Gasteiger partial charge in [0.2, 0.25) is 0 Å². The Balaban J connectivity index is 2.25. The van der Waals surface area contributed by atoms with Gasteiger partial charge in [0.1, 0.15) is 0 Å². The number of aromatic nitrogens is 1. The van der Waals surface area contributed by atoms with Crippen molar-refractivity contribution in [2.75, 3.05) is 18.0 Å². The summed E-state index contributed by atoms with van der Waals surface area (Å²) in [4.78, 5) is 6.37. The van der Waals surface area contributed by atoms with E-state index in [1.165, 1.54) is 5.69 Å². The number of halogens is 2. The Labute approximate surface area is 104 Å². The Morgan fingerprint density at radius 2 is 2.33 bits per heavy atom. The standard InChI is InChI=1S/C11H14BrClN2/c1-11(2)7-15(6-10(11)13)9-3-4-14-5-8(9)12/h3-5,10H,6-7H2,1-2H3. The monoisotopic (exact) mass is 288 g/mol. The third-order valence-electron chi connectivity index (χ3n) is 2.92.